The highest BCUT2D eigenvalue weighted by atomic mass is 16.1. The molecule has 3 nitrogen and oxygen atoms in total. The van der Waals surface area contributed by atoms with E-state index in [1.165, 1.54) is 16.5 Å². The lowest BCUT2D eigenvalue weighted by Gasteiger charge is -2.07. The van der Waals surface area contributed by atoms with E-state index in [-0.39, 0.29) is 5.78 Å². The Balaban J connectivity index is 1.98. The van der Waals surface area contributed by atoms with E-state index >= 15 is 0 Å². The van der Waals surface area contributed by atoms with Gasteiger partial charge in [-0.25, -0.2) is 4.98 Å². The first-order valence-corrected chi connectivity index (χ1v) is 6.63. The largest absolute Gasteiger partial charge is 0.330 e. The summed E-state index contributed by atoms with van der Waals surface area (Å²) in [6, 6.07) is 10.2. The molecule has 0 fully saturated rings. The highest BCUT2D eigenvalue weighted by molar-refractivity contribution is 6.00. The van der Waals surface area contributed by atoms with Crippen molar-refractivity contribution in [1.82, 2.24) is 9.55 Å². The molecule has 2 aromatic carbocycles. The number of imidazole rings is 1. The molecule has 0 amide bonds. The van der Waals surface area contributed by atoms with E-state index in [2.05, 4.69) is 31.0 Å². The molecule has 3 heteroatoms. The third-order valence-corrected chi connectivity index (χ3v) is 3.51. The van der Waals surface area contributed by atoms with Crippen molar-refractivity contribution in [3.63, 3.8) is 0 Å². The normalized spacial score (nSPS) is 10.9. The van der Waals surface area contributed by atoms with Crippen molar-refractivity contribution < 1.29 is 4.79 Å². The van der Waals surface area contributed by atoms with Gasteiger partial charge in [0, 0.05) is 18.0 Å². The van der Waals surface area contributed by atoms with E-state index in [1.807, 2.05) is 18.2 Å². The minimum Gasteiger partial charge on any atom is -0.330 e. The summed E-state index contributed by atoms with van der Waals surface area (Å²) in [6.45, 7) is 4.50. The van der Waals surface area contributed by atoms with E-state index in [1.54, 1.807) is 23.3 Å². The summed E-state index contributed by atoms with van der Waals surface area (Å²) in [7, 11) is 0. The third-order valence-electron chi connectivity index (χ3n) is 3.51. The fourth-order valence-electron chi connectivity index (χ4n) is 2.54. The minimum atomic E-state index is 0.102. The summed E-state index contributed by atoms with van der Waals surface area (Å²) < 4.78 is 1.79. The fourth-order valence-corrected chi connectivity index (χ4v) is 2.54. The van der Waals surface area contributed by atoms with Crippen LogP contribution >= 0.6 is 0 Å². The van der Waals surface area contributed by atoms with Crippen molar-refractivity contribution >= 4 is 16.6 Å². The molecule has 0 saturated carbocycles. The van der Waals surface area contributed by atoms with Crippen molar-refractivity contribution in [2.24, 2.45) is 0 Å². The lowest BCUT2D eigenvalue weighted by molar-refractivity contribution is 0.0972. The van der Waals surface area contributed by atoms with Gasteiger partial charge in [0.2, 0.25) is 0 Å². The molecule has 0 spiro atoms. The maximum absolute atomic E-state index is 12.3. The predicted octanol–water partition coefficient (Wildman–Crippen LogP) is 3.54. The van der Waals surface area contributed by atoms with E-state index in [9.17, 15) is 4.79 Å². The van der Waals surface area contributed by atoms with Crippen molar-refractivity contribution in [3.8, 4) is 0 Å². The van der Waals surface area contributed by atoms with Crippen LogP contribution < -0.4 is 0 Å². The first kappa shape index (κ1) is 12.6. The standard InChI is InChI=1S/C17H16N2O/c1-12-7-13(2)16-9-15(4-3-14(16)8-12)17(20)10-19-6-5-18-11-19/h3-9,11H,10H2,1-2H3. The van der Waals surface area contributed by atoms with E-state index in [0.717, 1.165) is 10.9 Å². The molecule has 3 aromatic rings. The lowest BCUT2D eigenvalue weighted by atomic mass is 9.99. The molecule has 1 heterocycles. The summed E-state index contributed by atoms with van der Waals surface area (Å²) in [6.07, 6.45) is 5.14. The molecule has 0 atom stereocenters. The Labute approximate surface area is 117 Å². The molecule has 0 unspecified atom stereocenters. The molecule has 3 rings (SSSR count). The number of nitrogens with zero attached hydrogens (tertiary/aromatic N) is 2. The van der Waals surface area contributed by atoms with Crippen LogP contribution in [-0.2, 0) is 6.54 Å². The number of hydrogen-bond acceptors (Lipinski definition) is 2. The van der Waals surface area contributed by atoms with Crippen molar-refractivity contribution in [2.75, 3.05) is 0 Å². The number of carbonyl (C=O) groups excluding carboxylic acids is 1. The highest BCUT2D eigenvalue weighted by Crippen LogP contribution is 2.22. The van der Waals surface area contributed by atoms with Gasteiger partial charge in [0.25, 0.3) is 0 Å². The first-order valence-electron chi connectivity index (χ1n) is 6.63. The monoisotopic (exact) mass is 264 g/mol. The van der Waals surface area contributed by atoms with Crippen LogP contribution in [0.5, 0.6) is 0 Å². The molecule has 0 N–H and O–H groups in total. The predicted molar refractivity (Wildman–Crippen MR) is 80.0 cm³/mol. The van der Waals surface area contributed by atoms with Crippen LogP contribution in [0, 0.1) is 13.8 Å². The molecular formula is C17H16N2O. The van der Waals surface area contributed by atoms with Crippen LogP contribution in [0.4, 0.5) is 0 Å². The number of Topliss-reactive ketones (excluding diaryl/α,β-unsaturated/α-hetero) is 1. The van der Waals surface area contributed by atoms with E-state index in [4.69, 9.17) is 0 Å². The molecule has 0 aliphatic carbocycles. The molecule has 100 valence electrons. The Morgan fingerprint density at radius 2 is 2.05 bits per heavy atom. The molecule has 20 heavy (non-hydrogen) atoms. The van der Waals surface area contributed by atoms with Crippen LogP contribution in [-0.4, -0.2) is 15.3 Å². The van der Waals surface area contributed by atoms with Gasteiger partial charge in [-0.15, -0.1) is 0 Å². The summed E-state index contributed by atoms with van der Waals surface area (Å²) in [4.78, 5) is 16.2. The summed E-state index contributed by atoms with van der Waals surface area (Å²) in [5.41, 5.74) is 3.20. The first-order chi connectivity index (χ1) is 9.63. The number of carbonyl (C=O) groups is 1. The van der Waals surface area contributed by atoms with Crippen LogP contribution in [0.3, 0.4) is 0 Å². The average Bonchev–Trinajstić information content (AvgIpc) is 2.91. The third kappa shape index (κ3) is 2.35. The number of rotatable bonds is 3. The van der Waals surface area contributed by atoms with Gasteiger partial charge in [-0.05, 0) is 36.2 Å². The fraction of sp³-hybridized carbons (Fsp3) is 0.176. The SMILES string of the molecule is Cc1cc(C)c2cc(C(=O)Cn3ccnc3)ccc2c1. The number of aryl methyl sites for hydroxylation is 2. The van der Waals surface area contributed by atoms with Crippen LogP contribution in [0.25, 0.3) is 10.8 Å². The molecule has 0 aliphatic heterocycles. The maximum atomic E-state index is 12.3. The lowest BCUT2D eigenvalue weighted by Crippen LogP contribution is -2.08. The van der Waals surface area contributed by atoms with Gasteiger partial charge >= 0.3 is 0 Å². The van der Waals surface area contributed by atoms with E-state index in [0.29, 0.717) is 6.54 Å². The van der Waals surface area contributed by atoms with Gasteiger partial charge in [0.15, 0.2) is 5.78 Å². The van der Waals surface area contributed by atoms with Crippen molar-refractivity contribution in [1.29, 1.82) is 0 Å². The Kier molecular flexibility index (Phi) is 3.11. The van der Waals surface area contributed by atoms with Gasteiger partial charge < -0.3 is 4.57 Å². The smallest absolute Gasteiger partial charge is 0.182 e. The molecule has 0 radical (unpaired) electrons. The number of ketones is 1. The Bertz CT molecular complexity index is 773. The van der Waals surface area contributed by atoms with Gasteiger partial charge in [0.1, 0.15) is 0 Å². The van der Waals surface area contributed by atoms with E-state index < -0.39 is 0 Å². The molecule has 0 saturated heterocycles. The quantitative estimate of drug-likeness (QED) is 0.678. The second-order valence-corrected chi connectivity index (χ2v) is 5.18. The van der Waals surface area contributed by atoms with Crippen LogP contribution in [0.1, 0.15) is 21.5 Å². The van der Waals surface area contributed by atoms with Crippen LogP contribution in [0.15, 0.2) is 49.1 Å². The van der Waals surface area contributed by atoms with Gasteiger partial charge in [-0.3, -0.25) is 4.79 Å². The molecule has 0 aliphatic rings. The summed E-state index contributed by atoms with van der Waals surface area (Å²) in [5.74, 6) is 0.102. The zero-order valence-corrected chi connectivity index (χ0v) is 11.6. The Hall–Kier alpha value is -2.42. The Morgan fingerprint density at radius 1 is 1.20 bits per heavy atom. The highest BCUT2D eigenvalue weighted by Gasteiger charge is 2.08. The maximum Gasteiger partial charge on any atom is 0.182 e. The summed E-state index contributed by atoms with van der Waals surface area (Å²) in [5, 5.41) is 2.33. The van der Waals surface area contributed by atoms with Gasteiger partial charge in [0.05, 0.1) is 12.9 Å². The second kappa shape index (κ2) is 4.93. The number of hydrogen-bond donors (Lipinski definition) is 0. The molecule has 1 aromatic heterocycles. The van der Waals surface area contributed by atoms with Gasteiger partial charge in [-0.1, -0.05) is 29.8 Å². The summed E-state index contributed by atoms with van der Waals surface area (Å²) >= 11 is 0. The average molecular weight is 264 g/mol. The Morgan fingerprint density at radius 3 is 2.80 bits per heavy atom. The zero-order chi connectivity index (χ0) is 14.1. The van der Waals surface area contributed by atoms with Crippen molar-refractivity contribution in [3.05, 3.63) is 65.7 Å². The number of aromatic nitrogens is 2. The minimum absolute atomic E-state index is 0.102. The number of fused-ring (bicyclic) bond motifs is 1. The molecular weight excluding hydrogens is 248 g/mol. The number of benzene rings is 2. The zero-order valence-electron chi connectivity index (χ0n) is 11.6. The second-order valence-electron chi connectivity index (χ2n) is 5.18. The topological polar surface area (TPSA) is 34.9 Å². The molecule has 0 bridgehead atoms. The van der Waals surface area contributed by atoms with Crippen LogP contribution in [0.2, 0.25) is 0 Å². The van der Waals surface area contributed by atoms with Crippen molar-refractivity contribution in [2.45, 2.75) is 20.4 Å². The van der Waals surface area contributed by atoms with Gasteiger partial charge in [-0.2, -0.15) is 0 Å².